The highest BCUT2D eigenvalue weighted by atomic mass is 32.1. The highest BCUT2D eigenvalue weighted by molar-refractivity contribution is 7.21. The molecule has 1 amide bonds. The molecule has 0 saturated heterocycles. The molecule has 0 aliphatic rings. The summed E-state index contributed by atoms with van der Waals surface area (Å²) >= 11 is 1.55. The van der Waals surface area contributed by atoms with E-state index in [4.69, 9.17) is 0 Å². The van der Waals surface area contributed by atoms with Gasteiger partial charge in [-0.3, -0.25) is 14.8 Å². The first-order valence-corrected chi connectivity index (χ1v) is 8.14. The van der Waals surface area contributed by atoms with Gasteiger partial charge in [0.05, 0.1) is 15.9 Å². The fourth-order valence-corrected chi connectivity index (χ4v) is 3.34. The van der Waals surface area contributed by atoms with Gasteiger partial charge in [-0.25, -0.2) is 4.98 Å². The minimum absolute atomic E-state index is 0.173. The Morgan fingerprint density at radius 2 is 1.75 bits per heavy atom. The highest BCUT2D eigenvalue weighted by Crippen LogP contribution is 2.34. The molecule has 0 bridgehead atoms. The number of carbonyl (C=O) groups excluding carboxylic acids is 1. The monoisotopic (exact) mass is 332 g/mol. The second-order valence-corrected chi connectivity index (χ2v) is 6.13. The van der Waals surface area contributed by atoms with Gasteiger partial charge < -0.3 is 5.32 Å². The molecule has 4 aromatic rings. The molecular formula is C18H12N4OS. The Hall–Kier alpha value is -3.12. The van der Waals surface area contributed by atoms with Crippen molar-refractivity contribution in [2.45, 2.75) is 0 Å². The number of para-hydroxylation sites is 1. The van der Waals surface area contributed by atoms with Crippen molar-refractivity contribution >= 4 is 33.1 Å². The van der Waals surface area contributed by atoms with Gasteiger partial charge in [0, 0.05) is 35.9 Å². The predicted octanol–water partition coefficient (Wildman–Crippen LogP) is 4.01. The number of thiazole rings is 1. The van der Waals surface area contributed by atoms with Crippen LogP contribution in [0.4, 0.5) is 5.69 Å². The highest BCUT2D eigenvalue weighted by Gasteiger charge is 2.13. The summed E-state index contributed by atoms with van der Waals surface area (Å²) in [7, 11) is 0. The number of pyridine rings is 2. The zero-order valence-electron chi connectivity index (χ0n) is 12.5. The maximum Gasteiger partial charge on any atom is 0.255 e. The van der Waals surface area contributed by atoms with Gasteiger partial charge in [-0.15, -0.1) is 11.3 Å². The second-order valence-electron chi connectivity index (χ2n) is 5.10. The number of anilines is 1. The lowest BCUT2D eigenvalue weighted by atomic mass is 10.1. The third-order valence-electron chi connectivity index (χ3n) is 3.54. The van der Waals surface area contributed by atoms with Crippen molar-refractivity contribution in [1.82, 2.24) is 15.0 Å². The van der Waals surface area contributed by atoms with E-state index in [1.807, 2.05) is 30.3 Å². The van der Waals surface area contributed by atoms with E-state index in [0.717, 1.165) is 26.5 Å². The molecule has 0 unspecified atom stereocenters. The van der Waals surface area contributed by atoms with Crippen LogP contribution in [0.25, 0.3) is 20.8 Å². The number of aromatic nitrogens is 3. The molecule has 0 aliphatic carbocycles. The zero-order chi connectivity index (χ0) is 16.4. The third-order valence-corrected chi connectivity index (χ3v) is 4.58. The molecule has 0 spiro atoms. The fourth-order valence-electron chi connectivity index (χ4n) is 2.37. The molecular weight excluding hydrogens is 320 g/mol. The van der Waals surface area contributed by atoms with E-state index in [1.165, 1.54) is 0 Å². The van der Waals surface area contributed by atoms with Crippen LogP contribution in [0, 0.1) is 0 Å². The van der Waals surface area contributed by atoms with Crippen molar-refractivity contribution in [2.75, 3.05) is 5.32 Å². The molecule has 0 radical (unpaired) electrons. The Morgan fingerprint density at radius 1 is 0.958 bits per heavy atom. The number of amides is 1. The Kier molecular flexibility index (Phi) is 3.72. The van der Waals surface area contributed by atoms with E-state index >= 15 is 0 Å². The molecule has 0 atom stereocenters. The number of nitrogens with zero attached hydrogens (tertiary/aromatic N) is 3. The Labute approximate surface area is 142 Å². The van der Waals surface area contributed by atoms with Crippen molar-refractivity contribution in [1.29, 1.82) is 0 Å². The first-order chi connectivity index (χ1) is 11.8. The number of nitrogens with one attached hydrogen (secondary N) is 1. The molecule has 6 heteroatoms. The van der Waals surface area contributed by atoms with Gasteiger partial charge in [0.1, 0.15) is 5.01 Å². The first kappa shape index (κ1) is 14.5. The molecule has 0 saturated carbocycles. The van der Waals surface area contributed by atoms with Crippen molar-refractivity contribution in [2.24, 2.45) is 0 Å². The predicted molar refractivity (Wildman–Crippen MR) is 95.0 cm³/mol. The number of hydrogen-bond donors (Lipinski definition) is 1. The van der Waals surface area contributed by atoms with E-state index in [1.54, 1.807) is 48.3 Å². The smallest absolute Gasteiger partial charge is 0.255 e. The lowest BCUT2D eigenvalue weighted by Gasteiger charge is -2.09. The minimum atomic E-state index is -0.173. The number of benzene rings is 1. The van der Waals surface area contributed by atoms with Gasteiger partial charge in [0.15, 0.2) is 0 Å². The summed E-state index contributed by atoms with van der Waals surface area (Å²) in [4.78, 5) is 25.1. The summed E-state index contributed by atoms with van der Waals surface area (Å²) in [5, 5.41) is 3.80. The average Bonchev–Trinajstić information content (AvgIpc) is 3.07. The molecule has 4 rings (SSSR count). The molecule has 0 aliphatic heterocycles. The molecule has 116 valence electrons. The molecule has 3 heterocycles. The number of carbonyl (C=O) groups is 1. The second kappa shape index (κ2) is 6.17. The maximum absolute atomic E-state index is 12.4. The molecule has 5 nitrogen and oxygen atoms in total. The summed E-state index contributed by atoms with van der Waals surface area (Å²) in [6.07, 6.45) is 6.72. The molecule has 1 aromatic carbocycles. The van der Waals surface area contributed by atoms with Crippen LogP contribution >= 0.6 is 11.3 Å². The summed E-state index contributed by atoms with van der Waals surface area (Å²) < 4.78 is 1.02. The molecule has 3 aromatic heterocycles. The standard InChI is InChI=1S/C18H12N4OS/c23-17(12-5-8-19-9-6-12)21-14-4-2-1-3-13(14)18-22-15-7-10-20-11-16(15)24-18/h1-11H,(H,21,23). The van der Waals surface area contributed by atoms with Crippen LogP contribution in [0.2, 0.25) is 0 Å². The van der Waals surface area contributed by atoms with Crippen LogP contribution in [-0.2, 0) is 0 Å². The van der Waals surface area contributed by atoms with Crippen molar-refractivity contribution in [3.63, 3.8) is 0 Å². The van der Waals surface area contributed by atoms with Crippen LogP contribution < -0.4 is 5.32 Å². The lowest BCUT2D eigenvalue weighted by molar-refractivity contribution is 0.102. The van der Waals surface area contributed by atoms with Crippen LogP contribution in [0.5, 0.6) is 0 Å². The van der Waals surface area contributed by atoms with Gasteiger partial charge in [-0.05, 0) is 30.3 Å². The van der Waals surface area contributed by atoms with Gasteiger partial charge in [0.2, 0.25) is 0 Å². The van der Waals surface area contributed by atoms with Crippen molar-refractivity contribution in [3.8, 4) is 10.6 Å². The quantitative estimate of drug-likeness (QED) is 0.615. The lowest BCUT2D eigenvalue weighted by Crippen LogP contribution is -2.12. The third kappa shape index (κ3) is 2.75. The van der Waals surface area contributed by atoms with Crippen LogP contribution in [0.15, 0.2) is 67.3 Å². The van der Waals surface area contributed by atoms with E-state index in [-0.39, 0.29) is 5.91 Å². The van der Waals surface area contributed by atoms with E-state index < -0.39 is 0 Å². The summed E-state index contributed by atoms with van der Waals surface area (Å²) in [6.45, 7) is 0. The Bertz CT molecular complexity index is 981. The number of fused-ring (bicyclic) bond motifs is 1. The van der Waals surface area contributed by atoms with Gasteiger partial charge in [0.25, 0.3) is 5.91 Å². The van der Waals surface area contributed by atoms with Crippen molar-refractivity contribution < 1.29 is 4.79 Å². The summed E-state index contributed by atoms with van der Waals surface area (Å²) in [6, 6.07) is 12.9. The molecule has 1 N–H and O–H groups in total. The Balaban J connectivity index is 1.71. The van der Waals surface area contributed by atoms with Gasteiger partial charge in [-0.2, -0.15) is 0 Å². The number of rotatable bonds is 3. The van der Waals surface area contributed by atoms with Crippen LogP contribution in [-0.4, -0.2) is 20.9 Å². The molecule has 24 heavy (non-hydrogen) atoms. The average molecular weight is 332 g/mol. The van der Waals surface area contributed by atoms with E-state index in [0.29, 0.717) is 5.56 Å². The molecule has 0 fully saturated rings. The minimum Gasteiger partial charge on any atom is -0.321 e. The van der Waals surface area contributed by atoms with E-state index in [9.17, 15) is 4.79 Å². The SMILES string of the molecule is O=C(Nc1ccccc1-c1nc2ccncc2s1)c1ccncc1. The van der Waals surface area contributed by atoms with Crippen LogP contribution in [0.1, 0.15) is 10.4 Å². The summed E-state index contributed by atoms with van der Waals surface area (Å²) in [5.41, 5.74) is 3.08. The zero-order valence-corrected chi connectivity index (χ0v) is 13.3. The van der Waals surface area contributed by atoms with Crippen LogP contribution in [0.3, 0.4) is 0 Å². The number of hydrogen-bond acceptors (Lipinski definition) is 5. The van der Waals surface area contributed by atoms with Crippen molar-refractivity contribution in [3.05, 3.63) is 72.8 Å². The topological polar surface area (TPSA) is 67.8 Å². The normalized spacial score (nSPS) is 10.7. The van der Waals surface area contributed by atoms with E-state index in [2.05, 4.69) is 20.3 Å². The first-order valence-electron chi connectivity index (χ1n) is 7.32. The largest absolute Gasteiger partial charge is 0.321 e. The Morgan fingerprint density at radius 3 is 2.58 bits per heavy atom. The maximum atomic E-state index is 12.4. The summed E-state index contributed by atoms with van der Waals surface area (Å²) in [5.74, 6) is -0.173. The van der Waals surface area contributed by atoms with Gasteiger partial charge >= 0.3 is 0 Å². The van der Waals surface area contributed by atoms with Gasteiger partial charge in [-0.1, -0.05) is 12.1 Å². The fraction of sp³-hybridized carbons (Fsp3) is 0.